The Morgan fingerprint density at radius 1 is 1.41 bits per heavy atom. The van der Waals surface area contributed by atoms with Gasteiger partial charge in [-0.3, -0.25) is 0 Å². The van der Waals surface area contributed by atoms with Gasteiger partial charge in [0.15, 0.2) is 0 Å². The van der Waals surface area contributed by atoms with E-state index >= 15 is 0 Å². The van der Waals surface area contributed by atoms with Crippen molar-refractivity contribution in [2.24, 2.45) is 0 Å². The van der Waals surface area contributed by atoms with E-state index in [1.165, 1.54) is 0 Å². The molecule has 1 aromatic rings. The van der Waals surface area contributed by atoms with Gasteiger partial charge < -0.3 is 9.64 Å². The fraction of sp³-hybridized carbons (Fsp3) is 0.500. The summed E-state index contributed by atoms with van der Waals surface area (Å²) >= 11 is 3.30. The number of ether oxygens (including phenoxy) is 1. The number of rotatable bonds is 2. The molecule has 0 aliphatic carbocycles. The van der Waals surface area contributed by atoms with E-state index in [9.17, 15) is 4.79 Å². The summed E-state index contributed by atoms with van der Waals surface area (Å²) in [4.78, 5) is 18.0. The molecule has 1 aromatic heterocycles. The Bertz CT molecular complexity index is 425. The maximum atomic E-state index is 12.0. The van der Waals surface area contributed by atoms with Gasteiger partial charge in [-0.2, -0.15) is 0 Å². The molecule has 1 heterocycles. The molecule has 0 saturated carbocycles. The minimum atomic E-state index is -0.511. The van der Waals surface area contributed by atoms with Crippen LogP contribution >= 0.6 is 15.9 Å². The average Bonchev–Trinajstić information content (AvgIpc) is 2.14. The van der Waals surface area contributed by atoms with Crippen molar-refractivity contribution in [3.63, 3.8) is 0 Å². The van der Waals surface area contributed by atoms with E-state index in [-0.39, 0.29) is 5.97 Å². The van der Waals surface area contributed by atoms with Crippen LogP contribution in [0.15, 0.2) is 16.7 Å². The van der Waals surface area contributed by atoms with E-state index in [4.69, 9.17) is 4.74 Å². The molecule has 1 rings (SSSR count). The summed E-state index contributed by atoms with van der Waals surface area (Å²) < 4.78 is 6.10. The topological polar surface area (TPSA) is 42.4 Å². The first-order chi connectivity index (χ1) is 7.70. The van der Waals surface area contributed by atoms with Gasteiger partial charge in [0, 0.05) is 24.8 Å². The number of aromatic nitrogens is 1. The van der Waals surface area contributed by atoms with E-state index < -0.39 is 5.60 Å². The van der Waals surface area contributed by atoms with Crippen molar-refractivity contribution in [2.45, 2.75) is 26.4 Å². The predicted molar refractivity (Wildman–Crippen MR) is 71.4 cm³/mol. The second kappa shape index (κ2) is 5.04. The van der Waals surface area contributed by atoms with Crippen LogP contribution in [0.1, 0.15) is 31.1 Å². The van der Waals surface area contributed by atoms with Gasteiger partial charge in [0.2, 0.25) is 0 Å². The molecule has 94 valence electrons. The number of hydrogen-bond donors (Lipinski definition) is 0. The van der Waals surface area contributed by atoms with Gasteiger partial charge in [-0.05, 0) is 42.8 Å². The maximum Gasteiger partial charge on any atom is 0.342 e. The third kappa shape index (κ3) is 4.00. The van der Waals surface area contributed by atoms with Crippen molar-refractivity contribution in [1.29, 1.82) is 0 Å². The number of esters is 1. The molecule has 0 radical (unpaired) electrons. The second-order valence-electron chi connectivity index (χ2n) is 4.92. The van der Waals surface area contributed by atoms with Crippen molar-refractivity contribution < 1.29 is 9.53 Å². The molecule has 0 saturated heterocycles. The number of carbonyl (C=O) groups excluding carboxylic acids is 1. The summed E-state index contributed by atoms with van der Waals surface area (Å²) in [5.74, 6) is 0.234. The predicted octanol–water partition coefficient (Wildman–Crippen LogP) is 2.87. The minimum absolute atomic E-state index is 0.366. The molecule has 5 heteroatoms. The van der Waals surface area contributed by atoms with Crippen molar-refractivity contribution in [3.8, 4) is 0 Å². The third-order valence-electron chi connectivity index (χ3n) is 1.88. The highest BCUT2D eigenvalue weighted by Gasteiger charge is 2.22. The molecule has 0 fully saturated rings. The Labute approximate surface area is 110 Å². The molecular formula is C12H17BrN2O2. The van der Waals surface area contributed by atoms with Crippen molar-refractivity contribution in [2.75, 3.05) is 19.0 Å². The second-order valence-corrected chi connectivity index (χ2v) is 5.84. The molecule has 4 nitrogen and oxygen atoms in total. The Morgan fingerprint density at radius 3 is 2.47 bits per heavy atom. The van der Waals surface area contributed by atoms with Gasteiger partial charge >= 0.3 is 5.97 Å². The quantitative estimate of drug-likeness (QED) is 0.788. The lowest BCUT2D eigenvalue weighted by Gasteiger charge is -2.21. The molecule has 0 bridgehead atoms. The molecular weight excluding hydrogens is 284 g/mol. The lowest BCUT2D eigenvalue weighted by atomic mass is 10.2. The zero-order valence-electron chi connectivity index (χ0n) is 10.7. The number of nitrogens with zero attached hydrogens (tertiary/aromatic N) is 2. The SMILES string of the molecule is CN(C)c1ncc(Br)cc1C(=O)OC(C)(C)C. The van der Waals surface area contributed by atoms with Crippen LogP contribution in [0.2, 0.25) is 0 Å². The number of anilines is 1. The number of carbonyl (C=O) groups is 1. The first-order valence-corrected chi connectivity index (χ1v) is 6.06. The Kier molecular flexibility index (Phi) is 4.14. The summed E-state index contributed by atoms with van der Waals surface area (Å²) in [7, 11) is 3.67. The highest BCUT2D eigenvalue weighted by atomic mass is 79.9. The van der Waals surface area contributed by atoms with Gasteiger partial charge in [0.05, 0.1) is 0 Å². The summed E-state index contributed by atoms with van der Waals surface area (Å²) in [5, 5.41) is 0. The smallest absolute Gasteiger partial charge is 0.342 e. The number of hydrogen-bond acceptors (Lipinski definition) is 4. The average molecular weight is 301 g/mol. The normalized spacial score (nSPS) is 11.2. The monoisotopic (exact) mass is 300 g/mol. The van der Waals surface area contributed by atoms with Gasteiger partial charge in [-0.1, -0.05) is 0 Å². The Balaban J connectivity index is 3.11. The first-order valence-electron chi connectivity index (χ1n) is 5.27. The maximum absolute atomic E-state index is 12.0. The molecule has 0 aliphatic heterocycles. The highest BCUT2D eigenvalue weighted by molar-refractivity contribution is 9.10. The lowest BCUT2D eigenvalue weighted by molar-refractivity contribution is 0.00699. The largest absolute Gasteiger partial charge is 0.456 e. The Hall–Kier alpha value is -1.10. The van der Waals surface area contributed by atoms with E-state index in [0.717, 1.165) is 4.47 Å². The zero-order valence-corrected chi connectivity index (χ0v) is 12.3. The van der Waals surface area contributed by atoms with Crippen LogP contribution in [0.5, 0.6) is 0 Å². The van der Waals surface area contributed by atoms with Crippen LogP contribution in [0.3, 0.4) is 0 Å². The first kappa shape index (κ1) is 14.0. The molecule has 0 unspecified atom stereocenters. The highest BCUT2D eigenvalue weighted by Crippen LogP contribution is 2.22. The zero-order chi connectivity index (χ0) is 13.2. The van der Waals surface area contributed by atoms with E-state index in [2.05, 4.69) is 20.9 Å². The van der Waals surface area contributed by atoms with Crippen LogP contribution in [0.4, 0.5) is 5.82 Å². The summed E-state index contributed by atoms with van der Waals surface area (Å²) in [6.45, 7) is 5.52. The fourth-order valence-electron chi connectivity index (χ4n) is 1.27. The van der Waals surface area contributed by atoms with E-state index in [1.54, 1.807) is 17.2 Å². The minimum Gasteiger partial charge on any atom is -0.456 e. The summed E-state index contributed by atoms with van der Waals surface area (Å²) in [5.41, 5.74) is -0.0532. The van der Waals surface area contributed by atoms with Gasteiger partial charge in [0.25, 0.3) is 0 Å². The summed E-state index contributed by atoms with van der Waals surface area (Å²) in [6, 6.07) is 1.72. The van der Waals surface area contributed by atoms with Crippen molar-refractivity contribution >= 4 is 27.7 Å². The molecule has 0 N–H and O–H groups in total. The van der Waals surface area contributed by atoms with E-state index in [0.29, 0.717) is 11.4 Å². The molecule has 0 atom stereocenters. The molecule has 0 aromatic carbocycles. The molecule has 0 amide bonds. The molecule has 17 heavy (non-hydrogen) atoms. The standard InChI is InChI=1S/C12H17BrN2O2/c1-12(2,3)17-11(16)9-6-8(13)7-14-10(9)15(4)5/h6-7H,1-5H3. The fourth-order valence-corrected chi connectivity index (χ4v) is 1.60. The van der Waals surface area contributed by atoms with Crippen molar-refractivity contribution in [1.82, 2.24) is 4.98 Å². The van der Waals surface area contributed by atoms with Crippen LogP contribution in [0, 0.1) is 0 Å². The molecule has 0 spiro atoms. The Morgan fingerprint density at radius 2 is 2.00 bits per heavy atom. The van der Waals surface area contributed by atoms with Gasteiger partial charge in [0.1, 0.15) is 17.0 Å². The van der Waals surface area contributed by atoms with Crippen LogP contribution in [-0.2, 0) is 4.74 Å². The van der Waals surface area contributed by atoms with Crippen LogP contribution in [-0.4, -0.2) is 30.6 Å². The number of pyridine rings is 1. The third-order valence-corrected chi connectivity index (χ3v) is 2.31. The van der Waals surface area contributed by atoms with Crippen LogP contribution in [0.25, 0.3) is 0 Å². The van der Waals surface area contributed by atoms with E-state index in [1.807, 2.05) is 34.9 Å². The molecule has 0 aliphatic rings. The van der Waals surface area contributed by atoms with Gasteiger partial charge in [-0.25, -0.2) is 9.78 Å². The summed E-state index contributed by atoms with van der Waals surface area (Å²) in [6.07, 6.45) is 1.66. The van der Waals surface area contributed by atoms with Gasteiger partial charge in [-0.15, -0.1) is 0 Å². The lowest BCUT2D eigenvalue weighted by Crippen LogP contribution is -2.25. The van der Waals surface area contributed by atoms with Crippen molar-refractivity contribution in [3.05, 3.63) is 22.3 Å². The van der Waals surface area contributed by atoms with Crippen LogP contribution < -0.4 is 4.90 Å². The number of halogens is 1.